The molecule has 3 nitrogen and oxygen atoms in total. The van der Waals surface area contributed by atoms with Gasteiger partial charge in [-0.1, -0.05) is 17.6 Å². The fourth-order valence-electron chi connectivity index (χ4n) is 2.30. The summed E-state index contributed by atoms with van der Waals surface area (Å²) in [6.07, 6.45) is 3.32. The number of piperidine rings is 1. The molecule has 1 saturated heterocycles. The molecule has 0 amide bonds. The summed E-state index contributed by atoms with van der Waals surface area (Å²) in [5.74, 6) is -0.249. The van der Waals surface area contributed by atoms with E-state index in [-0.39, 0.29) is 24.3 Å². The van der Waals surface area contributed by atoms with E-state index in [1.807, 2.05) is 0 Å². The minimum atomic E-state index is -0.249. The largest absolute Gasteiger partial charge is 0.356 e. The molecular formula is C12H14ClFN2O. The van der Waals surface area contributed by atoms with Gasteiger partial charge in [0.25, 0.3) is 0 Å². The highest BCUT2D eigenvalue weighted by Crippen LogP contribution is 2.30. The maximum atomic E-state index is 13.7. The maximum absolute atomic E-state index is 13.7. The zero-order chi connectivity index (χ0) is 11.0. The van der Waals surface area contributed by atoms with E-state index in [1.54, 1.807) is 12.1 Å². The fraction of sp³-hybridized carbons (Fsp3) is 0.417. The molecule has 0 radical (unpaired) electrons. The second kappa shape index (κ2) is 5.02. The van der Waals surface area contributed by atoms with Crippen LogP contribution in [0.15, 0.2) is 22.7 Å². The number of halogens is 2. The molecule has 92 valence electrons. The first kappa shape index (κ1) is 12.3. The van der Waals surface area contributed by atoms with Crippen LogP contribution in [0.4, 0.5) is 4.39 Å². The monoisotopic (exact) mass is 256 g/mol. The van der Waals surface area contributed by atoms with Crippen molar-refractivity contribution >= 4 is 23.4 Å². The second-order valence-electron chi connectivity index (χ2n) is 4.18. The van der Waals surface area contributed by atoms with E-state index < -0.39 is 0 Å². The number of rotatable bonds is 1. The molecule has 17 heavy (non-hydrogen) atoms. The maximum Gasteiger partial charge on any atom is 0.170 e. The van der Waals surface area contributed by atoms with Crippen molar-refractivity contribution in [3.63, 3.8) is 0 Å². The van der Waals surface area contributed by atoms with Gasteiger partial charge in [0.2, 0.25) is 0 Å². The topological polar surface area (TPSA) is 38.1 Å². The Balaban J connectivity index is 0.00000108. The van der Waals surface area contributed by atoms with E-state index in [0.717, 1.165) is 19.4 Å². The van der Waals surface area contributed by atoms with Gasteiger partial charge in [-0.3, -0.25) is 0 Å². The van der Waals surface area contributed by atoms with Crippen LogP contribution in [0.5, 0.6) is 0 Å². The normalized spacial score (nSPS) is 20.2. The van der Waals surface area contributed by atoms with Crippen LogP contribution in [0.3, 0.4) is 0 Å². The molecule has 0 aliphatic carbocycles. The van der Waals surface area contributed by atoms with E-state index >= 15 is 0 Å². The van der Waals surface area contributed by atoms with Crippen LogP contribution in [0.25, 0.3) is 11.0 Å². The van der Waals surface area contributed by atoms with Gasteiger partial charge in [-0.2, -0.15) is 0 Å². The summed E-state index contributed by atoms with van der Waals surface area (Å²) < 4.78 is 18.9. The molecule has 1 atom stereocenters. The van der Waals surface area contributed by atoms with Crippen LogP contribution in [0.1, 0.15) is 31.0 Å². The number of aromatic nitrogens is 1. The van der Waals surface area contributed by atoms with Crippen molar-refractivity contribution in [2.75, 3.05) is 6.54 Å². The van der Waals surface area contributed by atoms with E-state index in [1.165, 1.54) is 12.5 Å². The Morgan fingerprint density at radius 2 is 2.24 bits per heavy atom. The van der Waals surface area contributed by atoms with Gasteiger partial charge in [-0.05, 0) is 31.5 Å². The zero-order valence-corrected chi connectivity index (χ0v) is 10.1. The van der Waals surface area contributed by atoms with Crippen LogP contribution in [-0.4, -0.2) is 11.7 Å². The highest BCUT2D eigenvalue weighted by atomic mass is 35.5. The number of fused-ring (bicyclic) bond motifs is 1. The molecule has 1 N–H and O–H groups in total. The Kier molecular flexibility index (Phi) is 3.64. The third-order valence-electron chi connectivity index (χ3n) is 3.11. The summed E-state index contributed by atoms with van der Waals surface area (Å²) in [7, 11) is 0. The molecular weight excluding hydrogens is 243 g/mol. The van der Waals surface area contributed by atoms with Gasteiger partial charge in [-0.15, -0.1) is 12.4 Å². The highest BCUT2D eigenvalue weighted by molar-refractivity contribution is 5.85. The summed E-state index contributed by atoms with van der Waals surface area (Å²) in [5.41, 5.74) is 1.25. The van der Waals surface area contributed by atoms with E-state index in [4.69, 9.17) is 4.52 Å². The Morgan fingerprint density at radius 1 is 1.35 bits per heavy atom. The minimum absolute atomic E-state index is 0. The molecule has 1 aliphatic heterocycles. The lowest BCUT2D eigenvalue weighted by atomic mass is 9.99. The third kappa shape index (κ3) is 2.15. The number of nitrogens with zero attached hydrogens (tertiary/aromatic N) is 1. The first-order chi connectivity index (χ1) is 7.86. The summed E-state index contributed by atoms with van der Waals surface area (Å²) in [4.78, 5) is 0. The summed E-state index contributed by atoms with van der Waals surface area (Å²) in [6.45, 7) is 0.966. The first-order valence-corrected chi connectivity index (χ1v) is 5.63. The van der Waals surface area contributed by atoms with Gasteiger partial charge >= 0.3 is 0 Å². The van der Waals surface area contributed by atoms with Crippen LogP contribution in [0.2, 0.25) is 0 Å². The molecule has 0 saturated carbocycles. The molecule has 1 unspecified atom stereocenters. The van der Waals surface area contributed by atoms with Gasteiger partial charge in [0.1, 0.15) is 11.5 Å². The summed E-state index contributed by atoms with van der Waals surface area (Å²) in [5, 5.41) is 7.88. The molecule has 2 heterocycles. The Bertz CT molecular complexity index is 508. The van der Waals surface area contributed by atoms with Crippen molar-refractivity contribution in [2.24, 2.45) is 0 Å². The molecule has 1 aromatic heterocycles. The van der Waals surface area contributed by atoms with Crippen LogP contribution >= 0.6 is 12.4 Å². The third-order valence-corrected chi connectivity index (χ3v) is 3.11. The van der Waals surface area contributed by atoms with Gasteiger partial charge in [0.15, 0.2) is 5.58 Å². The highest BCUT2D eigenvalue weighted by Gasteiger charge is 2.22. The molecule has 2 aromatic rings. The predicted molar refractivity (Wildman–Crippen MR) is 65.8 cm³/mol. The SMILES string of the molecule is Cl.Fc1cccc2onc(C3CCCCN3)c12. The number of nitrogens with one attached hydrogen (secondary N) is 1. The minimum Gasteiger partial charge on any atom is -0.356 e. The van der Waals surface area contributed by atoms with Crippen LogP contribution in [-0.2, 0) is 0 Å². The quantitative estimate of drug-likeness (QED) is 0.852. The van der Waals surface area contributed by atoms with Crippen LogP contribution < -0.4 is 5.32 Å². The van der Waals surface area contributed by atoms with Crippen LogP contribution in [0, 0.1) is 5.82 Å². The van der Waals surface area contributed by atoms with Crippen molar-refractivity contribution < 1.29 is 8.91 Å². The average Bonchev–Trinajstić information content (AvgIpc) is 2.75. The molecule has 1 fully saturated rings. The Hall–Kier alpha value is -1.13. The number of hydrogen-bond acceptors (Lipinski definition) is 3. The van der Waals surface area contributed by atoms with Crippen molar-refractivity contribution in [3.8, 4) is 0 Å². The predicted octanol–water partition coefficient (Wildman–Crippen LogP) is 3.20. The van der Waals surface area contributed by atoms with E-state index in [0.29, 0.717) is 16.7 Å². The van der Waals surface area contributed by atoms with Gasteiger partial charge < -0.3 is 9.84 Å². The molecule has 5 heteroatoms. The Labute approximate surface area is 105 Å². The van der Waals surface area contributed by atoms with Crippen molar-refractivity contribution in [1.82, 2.24) is 10.5 Å². The lowest BCUT2D eigenvalue weighted by Gasteiger charge is -2.21. The van der Waals surface area contributed by atoms with Gasteiger partial charge in [0, 0.05) is 0 Å². The zero-order valence-electron chi connectivity index (χ0n) is 9.28. The lowest BCUT2D eigenvalue weighted by molar-refractivity contribution is 0.375. The molecule has 1 aromatic carbocycles. The standard InChI is InChI=1S/C12H13FN2O.ClH/c13-8-4-3-6-10-11(8)12(15-16-10)9-5-1-2-7-14-9;/h3-4,6,9,14H,1-2,5,7H2;1H. The van der Waals surface area contributed by atoms with E-state index in [2.05, 4.69) is 10.5 Å². The van der Waals surface area contributed by atoms with Gasteiger partial charge in [-0.25, -0.2) is 4.39 Å². The van der Waals surface area contributed by atoms with E-state index in [9.17, 15) is 4.39 Å². The average molecular weight is 257 g/mol. The van der Waals surface area contributed by atoms with Crippen molar-refractivity contribution in [3.05, 3.63) is 29.7 Å². The van der Waals surface area contributed by atoms with Crippen molar-refractivity contribution in [2.45, 2.75) is 25.3 Å². The molecule has 3 rings (SSSR count). The number of hydrogen-bond donors (Lipinski definition) is 1. The summed E-state index contributed by atoms with van der Waals surface area (Å²) in [6, 6.07) is 4.97. The first-order valence-electron chi connectivity index (χ1n) is 5.63. The molecule has 0 bridgehead atoms. The fourth-order valence-corrected chi connectivity index (χ4v) is 2.30. The smallest absolute Gasteiger partial charge is 0.170 e. The molecule has 1 aliphatic rings. The van der Waals surface area contributed by atoms with Crippen molar-refractivity contribution in [1.29, 1.82) is 0 Å². The lowest BCUT2D eigenvalue weighted by Crippen LogP contribution is -2.27. The number of benzene rings is 1. The Morgan fingerprint density at radius 3 is 3.00 bits per heavy atom. The second-order valence-corrected chi connectivity index (χ2v) is 4.18. The summed E-state index contributed by atoms with van der Waals surface area (Å²) >= 11 is 0. The van der Waals surface area contributed by atoms with Gasteiger partial charge in [0.05, 0.1) is 11.4 Å². The molecule has 0 spiro atoms.